The van der Waals surface area contributed by atoms with Gasteiger partial charge in [-0.05, 0) is 18.6 Å². The average molecular weight is 330 g/mol. The van der Waals surface area contributed by atoms with Gasteiger partial charge >= 0.3 is 0 Å². The lowest BCUT2D eigenvalue weighted by Crippen LogP contribution is -2.23. The van der Waals surface area contributed by atoms with Gasteiger partial charge in [0.05, 0.1) is 13.3 Å². The second-order valence-corrected chi connectivity index (χ2v) is 6.01. The minimum Gasteiger partial charge on any atom is -0.497 e. The van der Waals surface area contributed by atoms with Crippen LogP contribution in [0.2, 0.25) is 0 Å². The van der Waals surface area contributed by atoms with Gasteiger partial charge in [-0.3, -0.25) is 4.79 Å². The Morgan fingerprint density at radius 3 is 3.09 bits per heavy atom. The maximum atomic E-state index is 12.1. The van der Waals surface area contributed by atoms with Gasteiger partial charge in [0.15, 0.2) is 6.19 Å². The number of methoxy groups -OCH3 is 1. The first kappa shape index (κ1) is 16.8. The number of nitrogens with one attached hydrogen (secondary N) is 2. The summed E-state index contributed by atoms with van der Waals surface area (Å²) in [4.78, 5) is 16.4. The standard InChI is InChI=1S/C16H18N4O2S/c1-11(6-7-18-10-17)15(21)20-14-9-19-16(23-14)12-4-3-5-13(8-12)22-2/h3-5,8-9,11,18H,6-7H2,1-2H3,(H,20,21). The number of carbonyl (C=O) groups excluding carboxylic acids is 1. The third-order valence-corrected chi connectivity index (χ3v) is 4.26. The van der Waals surface area contributed by atoms with E-state index in [1.807, 2.05) is 37.4 Å². The van der Waals surface area contributed by atoms with Gasteiger partial charge in [-0.2, -0.15) is 5.26 Å². The van der Waals surface area contributed by atoms with Crippen LogP contribution in [0.3, 0.4) is 0 Å². The van der Waals surface area contributed by atoms with Crippen molar-refractivity contribution in [2.24, 2.45) is 5.92 Å². The van der Waals surface area contributed by atoms with Crippen LogP contribution in [-0.2, 0) is 4.79 Å². The molecule has 2 N–H and O–H groups in total. The van der Waals surface area contributed by atoms with Gasteiger partial charge in [-0.25, -0.2) is 4.98 Å². The van der Waals surface area contributed by atoms with Crippen molar-refractivity contribution in [3.05, 3.63) is 30.5 Å². The predicted octanol–water partition coefficient (Wildman–Crippen LogP) is 2.85. The number of aromatic nitrogens is 1. The zero-order chi connectivity index (χ0) is 16.7. The molecule has 2 aromatic rings. The van der Waals surface area contributed by atoms with Gasteiger partial charge in [-0.1, -0.05) is 30.4 Å². The van der Waals surface area contributed by atoms with Crippen LogP contribution in [0, 0.1) is 17.4 Å². The summed E-state index contributed by atoms with van der Waals surface area (Å²) >= 11 is 1.41. The quantitative estimate of drug-likeness (QED) is 0.463. The molecular formula is C16H18N4O2S. The largest absolute Gasteiger partial charge is 0.497 e. The lowest BCUT2D eigenvalue weighted by molar-refractivity contribution is -0.119. The lowest BCUT2D eigenvalue weighted by Gasteiger charge is -2.09. The molecule has 0 fully saturated rings. The fraction of sp³-hybridized carbons (Fsp3) is 0.312. The van der Waals surface area contributed by atoms with Crippen LogP contribution in [-0.4, -0.2) is 24.5 Å². The van der Waals surface area contributed by atoms with E-state index in [2.05, 4.69) is 15.6 Å². The summed E-state index contributed by atoms with van der Waals surface area (Å²) in [5.41, 5.74) is 0.945. The minimum absolute atomic E-state index is 0.0782. The van der Waals surface area contributed by atoms with Gasteiger partial charge in [0.25, 0.3) is 0 Å². The molecule has 23 heavy (non-hydrogen) atoms. The van der Waals surface area contributed by atoms with E-state index in [0.717, 1.165) is 16.3 Å². The number of hydrogen-bond acceptors (Lipinski definition) is 6. The molecule has 1 amide bonds. The number of carbonyl (C=O) groups is 1. The van der Waals surface area contributed by atoms with Crippen molar-refractivity contribution in [1.82, 2.24) is 10.3 Å². The number of ether oxygens (including phenoxy) is 1. The zero-order valence-electron chi connectivity index (χ0n) is 13.0. The number of amides is 1. The molecule has 1 heterocycles. The molecule has 0 aliphatic rings. The van der Waals surface area contributed by atoms with Crippen molar-refractivity contribution in [1.29, 1.82) is 5.26 Å². The van der Waals surface area contributed by atoms with E-state index in [9.17, 15) is 4.79 Å². The van der Waals surface area contributed by atoms with E-state index in [4.69, 9.17) is 10.00 Å². The second kappa shape index (κ2) is 8.15. The average Bonchev–Trinajstić information content (AvgIpc) is 3.03. The van der Waals surface area contributed by atoms with Gasteiger partial charge in [0.2, 0.25) is 5.91 Å². The normalized spacial score (nSPS) is 11.3. The van der Waals surface area contributed by atoms with Crippen LogP contribution in [0.5, 0.6) is 5.75 Å². The zero-order valence-corrected chi connectivity index (χ0v) is 13.8. The number of rotatable bonds is 7. The number of thiazole rings is 1. The summed E-state index contributed by atoms with van der Waals surface area (Å²) in [6.07, 6.45) is 4.09. The van der Waals surface area contributed by atoms with Gasteiger partial charge < -0.3 is 15.4 Å². The summed E-state index contributed by atoms with van der Waals surface area (Å²) in [6.45, 7) is 2.32. The monoisotopic (exact) mass is 330 g/mol. The van der Waals surface area contributed by atoms with Crippen LogP contribution >= 0.6 is 11.3 Å². The highest BCUT2D eigenvalue weighted by Gasteiger charge is 2.14. The smallest absolute Gasteiger partial charge is 0.227 e. The van der Waals surface area contributed by atoms with Crippen molar-refractivity contribution in [3.8, 4) is 22.5 Å². The predicted molar refractivity (Wildman–Crippen MR) is 90.1 cm³/mol. The molecule has 0 aliphatic heterocycles. The lowest BCUT2D eigenvalue weighted by atomic mass is 10.1. The topological polar surface area (TPSA) is 87.0 Å². The molecule has 0 saturated carbocycles. The molecule has 0 spiro atoms. The van der Waals surface area contributed by atoms with Crippen LogP contribution in [0.15, 0.2) is 30.5 Å². The summed E-state index contributed by atoms with van der Waals surface area (Å²) in [5.74, 6) is 0.505. The van der Waals surface area contributed by atoms with Crippen LogP contribution in [0.4, 0.5) is 5.00 Å². The molecule has 1 unspecified atom stereocenters. The second-order valence-electron chi connectivity index (χ2n) is 4.98. The molecule has 6 nitrogen and oxygen atoms in total. The number of benzene rings is 1. The van der Waals surface area contributed by atoms with Crippen molar-refractivity contribution < 1.29 is 9.53 Å². The maximum absolute atomic E-state index is 12.1. The molecule has 0 radical (unpaired) electrons. The Bertz CT molecular complexity index is 708. The highest BCUT2D eigenvalue weighted by atomic mass is 32.1. The Morgan fingerprint density at radius 2 is 2.35 bits per heavy atom. The molecule has 120 valence electrons. The first-order chi connectivity index (χ1) is 11.1. The first-order valence-electron chi connectivity index (χ1n) is 7.17. The molecule has 1 atom stereocenters. The molecule has 0 aliphatic carbocycles. The molecule has 0 bridgehead atoms. The van der Waals surface area contributed by atoms with Crippen LogP contribution < -0.4 is 15.4 Å². The highest BCUT2D eigenvalue weighted by Crippen LogP contribution is 2.30. The van der Waals surface area contributed by atoms with Gasteiger partial charge in [-0.15, -0.1) is 0 Å². The molecule has 0 saturated heterocycles. The van der Waals surface area contributed by atoms with E-state index in [1.165, 1.54) is 11.3 Å². The summed E-state index contributed by atoms with van der Waals surface area (Å²) in [7, 11) is 1.62. The van der Waals surface area contributed by atoms with Crippen molar-refractivity contribution >= 4 is 22.2 Å². The summed E-state index contributed by atoms with van der Waals surface area (Å²) < 4.78 is 5.20. The number of anilines is 1. The Hall–Kier alpha value is -2.59. The molecule has 2 rings (SSSR count). The van der Waals surface area contributed by atoms with E-state index < -0.39 is 0 Å². The summed E-state index contributed by atoms with van der Waals surface area (Å²) in [6, 6.07) is 7.62. The van der Waals surface area contributed by atoms with Crippen molar-refractivity contribution in [3.63, 3.8) is 0 Å². The van der Waals surface area contributed by atoms with E-state index in [0.29, 0.717) is 18.0 Å². The van der Waals surface area contributed by atoms with Crippen LogP contribution in [0.1, 0.15) is 13.3 Å². The number of nitrogens with zero attached hydrogens (tertiary/aromatic N) is 2. The van der Waals surface area contributed by atoms with Crippen molar-refractivity contribution in [2.75, 3.05) is 19.0 Å². The van der Waals surface area contributed by atoms with Gasteiger partial charge in [0.1, 0.15) is 15.8 Å². The van der Waals surface area contributed by atoms with Crippen LogP contribution in [0.25, 0.3) is 10.6 Å². The summed E-state index contributed by atoms with van der Waals surface area (Å²) in [5, 5.41) is 15.3. The molecule has 7 heteroatoms. The third kappa shape index (κ3) is 4.69. The Morgan fingerprint density at radius 1 is 1.52 bits per heavy atom. The fourth-order valence-electron chi connectivity index (χ4n) is 1.94. The highest BCUT2D eigenvalue weighted by molar-refractivity contribution is 7.19. The molecule has 1 aromatic carbocycles. The van der Waals surface area contributed by atoms with E-state index >= 15 is 0 Å². The van der Waals surface area contributed by atoms with E-state index in [1.54, 1.807) is 13.3 Å². The first-order valence-corrected chi connectivity index (χ1v) is 7.98. The molecular weight excluding hydrogens is 312 g/mol. The third-order valence-electron chi connectivity index (χ3n) is 3.30. The Balaban J connectivity index is 1.99. The minimum atomic E-state index is -0.182. The Labute approximate surface area is 139 Å². The SMILES string of the molecule is COc1cccc(-c2ncc(NC(=O)C(C)CCNC#N)s2)c1. The van der Waals surface area contributed by atoms with E-state index in [-0.39, 0.29) is 11.8 Å². The maximum Gasteiger partial charge on any atom is 0.227 e. The number of nitriles is 1. The number of hydrogen-bond donors (Lipinski definition) is 2. The van der Waals surface area contributed by atoms with Crippen molar-refractivity contribution in [2.45, 2.75) is 13.3 Å². The molecule has 1 aromatic heterocycles. The van der Waals surface area contributed by atoms with Gasteiger partial charge in [0, 0.05) is 18.0 Å². The Kier molecular flexibility index (Phi) is 5.94. The fourth-order valence-corrected chi connectivity index (χ4v) is 2.76.